The van der Waals surface area contributed by atoms with Crippen molar-refractivity contribution in [3.63, 3.8) is 0 Å². The summed E-state index contributed by atoms with van der Waals surface area (Å²) in [7, 11) is 1.52. The van der Waals surface area contributed by atoms with E-state index in [1.165, 1.54) is 70.5 Å². The average Bonchev–Trinajstić information content (AvgIpc) is 3.25. The second kappa shape index (κ2) is 9.07. The average molecular weight is 534 g/mol. The molecule has 10 atom stereocenters. The smallest absolute Gasteiger partial charge is 0.308 e. The highest BCUT2D eigenvalue weighted by Gasteiger charge is 2.69. The largest absolute Gasteiger partial charge is 0.469 e. The minimum atomic E-state index is -0.0444. The highest BCUT2D eigenvalue weighted by molar-refractivity contribution is 5.73. The molecule has 216 valence electrons. The Morgan fingerprint density at radius 3 is 2.38 bits per heavy atom. The molecule has 4 fully saturated rings. The summed E-state index contributed by atoms with van der Waals surface area (Å²) in [5, 5.41) is 0. The molecule has 0 heterocycles. The van der Waals surface area contributed by atoms with Gasteiger partial charge in [0, 0.05) is 5.54 Å². The van der Waals surface area contributed by atoms with Gasteiger partial charge in [-0.05, 0) is 139 Å². The zero-order valence-electron chi connectivity index (χ0n) is 25.8. The van der Waals surface area contributed by atoms with E-state index in [1.807, 2.05) is 0 Å². The van der Waals surface area contributed by atoms with Gasteiger partial charge in [-0.1, -0.05) is 52.8 Å². The van der Waals surface area contributed by atoms with Crippen LogP contribution in [0.15, 0.2) is 36.0 Å². The molecule has 39 heavy (non-hydrogen) atoms. The van der Waals surface area contributed by atoms with Gasteiger partial charge in [-0.3, -0.25) is 4.79 Å². The SMILES string of the molecule is C=CC1CCC2(N)CCC3(C)C(CCC4C5(C)CC=C(C6=CCC(C(=O)OC)CC6)C(C)(C)C5CCC43C)C12. The minimum absolute atomic E-state index is 0.0333. The van der Waals surface area contributed by atoms with Crippen molar-refractivity contribution in [1.82, 2.24) is 0 Å². The van der Waals surface area contributed by atoms with Gasteiger partial charge in [-0.2, -0.15) is 0 Å². The summed E-state index contributed by atoms with van der Waals surface area (Å²) < 4.78 is 5.05. The quantitative estimate of drug-likeness (QED) is 0.293. The molecule has 0 saturated heterocycles. The van der Waals surface area contributed by atoms with Gasteiger partial charge in [-0.25, -0.2) is 0 Å². The monoisotopic (exact) mass is 533 g/mol. The van der Waals surface area contributed by atoms with E-state index in [0.29, 0.717) is 34.0 Å². The van der Waals surface area contributed by atoms with Crippen LogP contribution in [0.3, 0.4) is 0 Å². The van der Waals surface area contributed by atoms with E-state index >= 15 is 0 Å². The van der Waals surface area contributed by atoms with Gasteiger partial charge in [-0.15, -0.1) is 6.58 Å². The van der Waals surface area contributed by atoms with Gasteiger partial charge in [0.2, 0.25) is 0 Å². The van der Waals surface area contributed by atoms with Crippen LogP contribution in [0.1, 0.15) is 112 Å². The van der Waals surface area contributed by atoms with E-state index in [2.05, 4.69) is 59.4 Å². The molecule has 0 aliphatic heterocycles. The number of fused-ring (bicyclic) bond motifs is 7. The lowest BCUT2D eigenvalue weighted by molar-refractivity contribution is -0.218. The van der Waals surface area contributed by atoms with Crippen LogP contribution in [-0.4, -0.2) is 18.6 Å². The third kappa shape index (κ3) is 3.66. The molecule has 4 saturated carbocycles. The van der Waals surface area contributed by atoms with Crippen molar-refractivity contribution >= 4 is 5.97 Å². The van der Waals surface area contributed by atoms with Crippen molar-refractivity contribution in [2.45, 2.75) is 117 Å². The summed E-state index contributed by atoms with van der Waals surface area (Å²) in [6.45, 7) is 17.5. The summed E-state index contributed by atoms with van der Waals surface area (Å²) in [6.07, 6.45) is 21.6. The minimum Gasteiger partial charge on any atom is -0.469 e. The Labute approximate surface area is 238 Å². The topological polar surface area (TPSA) is 52.3 Å². The van der Waals surface area contributed by atoms with Crippen LogP contribution < -0.4 is 5.73 Å². The van der Waals surface area contributed by atoms with Crippen molar-refractivity contribution in [1.29, 1.82) is 0 Å². The first-order valence-corrected chi connectivity index (χ1v) is 16.2. The highest BCUT2D eigenvalue weighted by Crippen LogP contribution is 2.76. The lowest BCUT2D eigenvalue weighted by atomic mass is 9.33. The molecule has 6 aliphatic carbocycles. The number of esters is 1. The van der Waals surface area contributed by atoms with Gasteiger partial charge < -0.3 is 10.5 Å². The molecule has 0 aromatic heterocycles. The number of allylic oxidation sites excluding steroid dienone is 5. The second-order valence-electron chi connectivity index (χ2n) is 16.1. The number of rotatable bonds is 3. The number of hydrogen-bond acceptors (Lipinski definition) is 3. The van der Waals surface area contributed by atoms with Gasteiger partial charge >= 0.3 is 5.97 Å². The third-order valence-electron chi connectivity index (χ3n) is 14.7. The van der Waals surface area contributed by atoms with Crippen molar-refractivity contribution in [2.75, 3.05) is 7.11 Å². The number of carbonyl (C=O) groups is 1. The molecule has 3 heteroatoms. The Morgan fingerprint density at radius 1 is 0.949 bits per heavy atom. The number of ether oxygens (including phenoxy) is 1. The summed E-state index contributed by atoms with van der Waals surface area (Å²) in [5.74, 6) is 3.42. The maximum absolute atomic E-state index is 12.1. The molecule has 0 spiro atoms. The van der Waals surface area contributed by atoms with Crippen molar-refractivity contribution in [3.05, 3.63) is 36.0 Å². The normalized spacial score (nSPS) is 50.3. The number of methoxy groups -OCH3 is 1. The Morgan fingerprint density at radius 2 is 1.72 bits per heavy atom. The fraction of sp³-hybridized carbons (Fsp3) is 0.806. The third-order valence-corrected chi connectivity index (χ3v) is 14.7. The first-order chi connectivity index (χ1) is 18.4. The summed E-state index contributed by atoms with van der Waals surface area (Å²) >= 11 is 0. The molecule has 6 rings (SSSR count). The van der Waals surface area contributed by atoms with E-state index in [1.54, 1.807) is 5.57 Å². The summed E-state index contributed by atoms with van der Waals surface area (Å²) in [5.41, 5.74) is 11.6. The van der Waals surface area contributed by atoms with Gasteiger partial charge in [0.1, 0.15) is 0 Å². The lowest BCUT2D eigenvalue weighted by Crippen LogP contribution is -2.67. The van der Waals surface area contributed by atoms with Gasteiger partial charge in [0.05, 0.1) is 13.0 Å². The maximum atomic E-state index is 12.1. The molecule has 0 aromatic rings. The van der Waals surface area contributed by atoms with Crippen molar-refractivity contribution in [2.24, 2.45) is 62.9 Å². The Hall–Kier alpha value is -1.35. The van der Waals surface area contributed by atoms with Crippen molar-refractivity contribution < 1.29 is 9.53 Å². The Bertz CT molecular complexity index is 1100. The Balaban J connectivity index is 1.31. The first-order valence-electron chi connectivity index (χ1n) is 16.2. The fourth-order valence-electron chi connectivity index (χ4n) is 12.6. The standard InChI is InChI=1S/C36H55NO2/c1-8-23-15-20-36(37)22-21-34(5)27(30(23)36)13-14-29-33(4)18-16-26(24-9-11-25(12-10-24)31(38)39-7)32(2,3)28(33)17-19-35(29,34)6/h8-9,16,23,25,27-30H,1,10-15,17-22,37H2,2-7H3. The van der Waals surface area contributed by atoms with Crippen molar-refractivity contribution in [3.8, 4) is 0 Å². The highest BCUT2D eigenvalue weighted by atomic mass is 16.5. The van der Waals surface area contributed by atoms with E-state index < -0.39 is 0 Å². The van der Waals surface area contributed by atoms with E-state index in [4.69, 9.17) is 10.5 Å². The first kappa shape index (κ1) is 27.8. The maximum Gasteiger partial charge on any atom is 0.308 e. The molecule has 0 bridgehead atoms. The van der Waals surface area contributed by atoms with E-state index in [-0.39, 0.29) is 22.8 Å². The van der Waals surface area contributed by atoms with Crippen LogP contribution in [0.4, 0.5) is 0 Å². The molecule has 2 N–H and O–H groups in total. The van der Waals surface area contributed by atoms with Gasteiger partial charge in [0.15, 0.2) is 0 Å². The number of hydrogen-bond donors (Lipinski definition) is 1. The van der Waals surface area contributed by atoms with Crippen LogP contribution >= 0.6 is 0 Å². The van der Waals surface area contributed by atoms with Crippen LogP contribution in [0.5, 0.6) is 0 Å². The second-order valence-corrected chi connectivity index (χ2v) is 16.1. The molecule has 0 aromatic carbocycles. The van der Waals surface area contributed by atoms with Crippen LogP contribution in [0.25, 0.3) is 0 Å². The van der Waals surface area contributed by atoms with Crippen LogP contribution in [0.2, 0.25) is 0 Å². The predicted molar refractivity (Wildman–Crippen MR) is 160 cm³/mol. The molecule has 3 nitrogen and oxygen atoms in total. The predicted octanol–water partition coefficient (Wildman–Crippen LogP) is 8.40. The zero-order chi connectivity index (χ0) is 28.0. The molecule has 6 aliphatic rings. The fourth-order valence-corrected chi connectivity index (χ4v) is 12.6. The van der Waals surface area contributed by atoms with Crippen LogP contribution in [-0.2, 0) is 9.53 Å². The molecule has 0 amide bonds. The van der Waals surface area contributed by atoms with E-state index in [0.717, 1.165) is 31.1 Å². The van der Waals surface area contributed by atoms with Crippen LogP contribution in [0, 0.1) is 57.2 Å². The number of carbonyl (C=O) groups excluding carboxylic acids is 1. The van der Waals surface area contributed by atoms with E-state index in [9.17, 15) is 4.79 Å². The zero-order valence-corrected chi connectivity index (χ0v) is 25.8. The molecule has 0 radical (unpaired) electrons. The summed E-state index contributed by atoms with van der Waals surface area (Å²) in [6, 6.07) is 0. The lowest BCUT2D eigenvalue weighted by Gasteiger charge is -2.72. The molecular weight excluding hydrogens is 478 g/mol. The van der Waals surface area contributed by atoms with Gasteiger partial charge in [0.25, 0.3) is 0 Å². The number of nitrogens with two attached hydrogens (primary N) is 1. The molecular formula is C36H55NO2. The Kier molecular flexibility index (Phi) is 6.47. The summed E-state index contributed by atoms with van der Waals surface area (Å²) in [4.78, 5) is 12.1. The molecule has 10 unspecified atom stereocenters.